The van der Waals surface area contributed by atoms with Gasteiger partial charge in [-0.2, -0.15) is 0 Å². The van der Waals surface area contributed by atoms with E-state index in [1.165, 1.54) is 16.3 Å². The quantitative estimate of drug-likeness (QED) is 0.588. The highest BCUT2D eigenvalue weighted by Crippen LogP contribution is 2.43. The van der Waals surface area contributed by atoms with Gasteiger partial charge >= 0.3 is 0 Å². The van der Waals surface area contributed by atoms with Gasteiger partial charge in [-0.15, -0.1) is 0 Å². The second-order valence-corrected chi connectivity index (χ2v) is 7.16. The Bertz CT molecular complexity index is 1000. The first-order valence-corrected chi connectivity index (χ1v) is 8.83. The zero-order valence-corrected chi connectivity index (χ0v) is 14.5. The van der Waals surface area contributed by atoms with Crippen LogP contribution in [0.2, 0.25) is 0 Å². The van der Waals surface area contributed by atoms with Crippen LogP contribution in [0.5, 0.6) is 11.5 Å². The SMILES string of the molecule is CC1Cc2c(ccc3c4c(ccc23)OC(C)(c2ccccc2)C=C4)O1. The maximum Gasteiger partial charge on any atom is 0.150 e. The largest absolute Gasteiger partial charge is 0.490 e. The number of hydrogen-bond acceptors (Lipinski definition) is 2. The zero-order valence-electron chi connectivity index (χ0n) is 14.5. The fourth-order valence-electron chi connectivity index (χ4n) is 4.01. The van der Waals surface area contributed by atoms with E-state index in [0.29, 0.717) is 0 Å². The third-order valence-corrected chi connectivity index (χ3v) is 5.33. The van der Waals surface area contributed by atoms with Crippen LogP contribution in [0.25, 0.3) is 16.8 Å². The van der Waals surface area contributed by atoms with Gasteiger partial charge in [0, 0.05) is 17.5 Å². The Morgan fingerprint density at radius 2 is 1.68 bits per heavy atom. The first-order chi connectivity index (χ1) is 12.1. The van der Waals surface area contributed by atoms with Gasteiger partial charge in [0.05, 0.1) is 0 Å². The van der Waals surface area contributed by atoms with Crippen molar-refractivity contribution < 1.29 is 9.47 Å². The molecule has 0 spiro atoms. The second-order valence-electron chi connectivity index (χ2n) is 7.16. The summed E-state index contributed by atoms with van der Waals surface area (Å²) >= 11 is 0. The Kier molecular flexibility index (Phi) is 2.99. The minimum atomic E-state index is -0.434. The van der Waals surface area contributed by atoms with Crippen LogP contribution in [0.4, 0.5) is 0 Å². The van der Waals surface area contributed by atoms with Gasteiger partial charge in [-0.1, -0.05) is 42.5 Å². The molecule has 0 aliphatic carbocycles. The molecule has 2 aliphatic rings. The molecule has 3 aromatic carbocycles. The molecule has 2 atom stereocenters. The maximum atomic E-state index is 6.44. The van der Waals surface area contributed by atoms with Crippen molar-refractivity contribution in [1.29, 1.82) is 0 Å². The topological polar surface area (TPSA) is 18.5 Å². The summed E-state index contributed by atoms with van der Waals surface area (Å²) in [6, 6.07) is 18.9. The van der Waals surface area contributed by atoms with Crippen LogP contribution in [0, 0.1) is 0 Å². The number of ether oxygens (including phenoxy) is 2. The highest BCUT2D eigenvalue weighted by atomic mass is 16.5. The maximum absolute atomic E-state index is 6.44. The number of rotatable bonds is 1. The molecule has 25 heavy (non-hydrogen) atoms. The van der Waals surface area contributed by atoms with E-state index in [0.717, 1.165) is 29.0 Å². The zero-order chi connectivity index (χ0) is 17.0. The van der Waals surface area contributed by atoms with Gasteiger partial charge in [-0.25, -0.2) is 0 Å². The average Bonchev–Trinajstić information content (AvgIpc) is 3.02. The molecule has 2 heterocycles. The monoisotopic (exact) mass is 328 g/mol. The van der Waals surface area contributed by atoms with Crippen molar-refractivity contribution in [3.63, 3.8) is 0 Å². The number of benzene rings is 3. The highest BCUT2D eigenvalue weighted by molar-refractivity contribution is 5.97. The minimum Gasteiger partial charge on any atom is -0.490 e. The molecule has 0 bridgehead atoms. The molecule has 0 aromatic heterocycles. The minimum absolute atomic E-state index is 0.254. The average molecular weight is 328 g/mol. The molecule has 0 radical (unpaired) electrons. The Balaban J connectivity index is 1.65. The lowest BCUT2D eigenvalue weighted by molar-refractivity contribution is 0.138. The molecule has 3 aromatic rings. The number of hydrogen-bond donors (Lipinski definition) is 0. The molecule has 0 saturated heterocycles. The van der Waals surface area contributed by atoms with Crippen molar-refractivity contribution in [2.75, 3.05) is 0 Å². The predicted octanol–water partition coefficient (Wildman–Crippen LogP) is 5.48. The third-order valence-electron chi connectivity index (χ3n) is 5.33. The predicted molar refractivity (Wildman–Crippen MR) is 101 cm³/mol. The van der Waals surface area contributed by atoms with Gasteiger partial charge in [-0.05, 0) is 54.5 Å². The normalized spacial score (nSPS) is 23.7. The summed E-state index contributed by atoms with van der Waals surface area (Å²) in [5, 5.41) is 2.51. The molecular weight excluding hydrogens is 308 g/mol. The lowest BCUT2D eigenvalue weighted by atomic mass is 9.90. The van der Waals surface area contributed by atoms with Crippen molar-refractivity contribution in [1.82, 2.24) is 0 Å². The van der Waals surface area contributed by atoms with E-state index in [1.807, 2.05) is 6.07 Å². The summed E-state index contributed by atoms with van der Waals surface area (Å²) in [5.41, 5.74) is 3.20. The third kappa shape index (κ3) is 2.17. The molecule has 2 aliphatic heterocycles. The summed E-state index contributed by atoms with van der Waals surface area (Å²) in [6.45, 7) is 4.24. The van der Waals surface area contributed by atoms with E-state index in [4.69, 9.17) is 9.47 Å². The van der Waals surface area contributed by atoms with Crippen molar-refractivity contribution >= 4 is 16.8 Å². The summed E-state index contributed by atoms with van der Waals surface area (Å²) in [7, 11) is 0. The van der Waals surface area contributed by atoms with Crippen LogP contribution >= 0.6 is 0 Å². The van der Waals surface area contributed by atoms with Crippen LogP contribution in [0.1, 0.15) is 30.5 Å². The summed E-state index contributed by atoms with van der Waals surface area (Å²) in [5.74, 6) is 1.96. The van der Waals surface area contributed by atoms with E-state index in [1.54, 1.807) is 0 Å². The standard InChI is InChI=1S/C23H20O2/c1-15-14-20-18-9-11-22-19(17(18)8-10-21(20)24-15)12-13-23(2,25-22)16-6-4-3-5-7-16/h3-13,15H,14H2,1-2H3. The second kappa shape index (κ2) is 5.13. The van der Waals surface area contributed by atoms with Crippen molar-refractivity contribution in [2.24, 2.45) is 0 Å². The summed E-state index contributed by atoms with van der Waals surface area (Å²) in [4.78, 5) is 0. The van der Waals surface area contributed by atoms with Crippen molar-refractivity contribution in [3.05, 3.63) is 77.4 Å². The molecule has 2 unspecified atom stereocenters. The van der Waals surface area contributed by atoms with E-state index in [9.17, 15) is 0 Å². The molecule has 2 nitrogen and oxygen atoms in total. The highest BCUT2D eigenvalue weighted by Gasteiger charge is 2.30. The molecule has 0 saturated carbocycles. The van der Waals surface area contributed by atoms with Gasteiger partial charge in [0.2, 0.25) is 0 Å². The first kappa shape index (κ1) is 14.6. The first-order valence-electron chi connectivity index (χ1n) is 8.83. The Hall–Kier alpha value is -2.74. The van der Waals surface area contributed by atoms with E-state index in [-0.39, 0.29) is 6.10 Å². The smallest absolute Gasteiger partial charge is 0.150 e. The van der Waals surface area contributed by atoms with Gasteiger partial charge in [0.15, 0.2) is 0 Å². The molecule has 0 amide bonds. The number of fused-ring (bicyclic) bond motifs is 5. The Morgan fingerprint density at radius 1 is 0.920 bits per heavy atom. The molecule has 2 heteroatoms. The Morgan fingerprint density at radius 3 is 2.52 bits per heavy atom. The van der Waals surface area contributed by atoms with E-state index < -0.39 is 5.60 Å². The Labute approximate surface area is 147 Å². The van der Waals surface area contributed by atoms with Crippen LogP contribution in [-0.4, -0.2) is 6.10 Å². The molecular formula is C23H20O2. The van der Waals surface area contributed by atoms with Gasteiger partial charge in [0.25, 0.3) is 0 Å². The van der Waals surface area contributed by atoms with Crippen molar-refractivity contribution in [3.8, 4) is 11.5 Å². The summed E-state index contributed by atoms with van der Waals surface area (Å²) < 4.78 is 12.3. The fraction of sp³-hybridized carbons (Fsp3) is 0.217. The van der Waals surface area contributed by atoms with Gasteiger partial charge < -0.3 is 9.47 Å². The van der Waals surface area contributed by atoms with Crippen molar-refractivity contribution in [2.45, 2.75) is 32.0 Å². The lowest BCUT2D eigenvalue weighted by Gasteiger charge is -2.32. The molecule has 5 rings (SSSR count). The molecule has 124 valence electrons. The fourth-order valence-corrected chi connectivity index (χ4v) is 4.01. The van der Waals surface area contributed by atoms with Gasteiger partial charge in [0.1, 0.15) is 23.2 Å². The van der Waals surface area contributed by atoms with Crippen LogP contribution in [0.3, 0.4) is 0 Å². The lowest BCUT2D eigenvalue weighted by Crippen LogP contribution is -2.29. The van der Waals surface area contributed by atoms with Gasteiger partial charge in [-0.3, -0.25) is 0 Å². The van der Waals surface area contributed by atoms with E-state index in [2.05, 4.69) is 74.5 Å². The molecule has 0 N–H and O–H groups in total. The summed E-state index contributed by atoms with van der Waals surface area (Å²) in [6.07, 6.45) is 5.60. The van der Waals surface area contributed by atoms with E-state index >= 15 is 0 Å². The van der Waals surface area contributed by atoms with Crippen LogP contribution in [0.15, 0.2) is 60.7 Å². The molecule has 0 fully saturated rings. The van der Waals surface area contributed by atoms with Crippen LogP contribution in [-0.2, 0) is 12.0 Å². The van der Waals surface area contributed by atoms with Crippen LogP contribution < -0.4 is 9.47 Å².